The molecule has 3 aromatic rings. The first-order valence-electron chi connectivity index (χ1n) is 9.11. The lowest BCUT2D eigenvalue weighted by molar-refractivity contribution is -0.119. The zero-order valence-corrected chi connectivity index (χ0v) is 15.7. The van der Waals surface area contributed by atoms with E-state index in [2.05, 4.69) is 29.9 Å². The summed E-state index contributed by atoms with van der Waals surface area (Å²) in [5, 5.41) is 3.98. The van der Waals surface area contributed by atoms with Gasteiger partial charge in [0.05, 0.1) is 11.9 Å². The second-order valence-electron chi connectivity index (χ2n) is 6.98. The molecule has 152 valence electrons. The van der Waals surface area contributed by atoms with E-state index in [1.807, 2.05) is 7.05 Å². The van der Waals surface area contributed by atoms with Gasteiger partial charge in [0, 0.05) is 38.2 Å². The summed E-state index contributed by atoms with van der Waals surface area (Å²) in [6.45, 7) is 2.08. The van der Waals surface area contributed by atoms with Crippen molar-refractivity contribution in [2.75, 3.05) is 31.6 Å². The Kier molecular flexibility index (Phi) is 5.05. The van der Waals surface area contributed by atoms with Gasteiger partial charge in [-0.15, -0.1) is 0 Å². The highest BCUT2D eigenvalue weighted by Gasteiger charge is 2.27. The summed E-state index contributed by atoms with van der Waals surface area (Å²) in [4.78, 5) is 28.3. The molecule has 11 heteroatoms. The van der Waals surface area contributed by atoms with Crippen molar-refractivity contribution in [3.63, 3.8) is 0 Å². The third-order valence-electron chi connectivity index (χ3n) is 5.06. The Hall–Kier alpha value is -3.21. The van der Waals surface area contributed by atoms with Crippen LogP contribution in [-0.4, -0.2) is 68.1 Å². The van der Waals surface area contributed by atoms with Crippen LogP contribution in [0.4, 0.5) is 14.6 Å². The second-order valence-corrected chi connectivity index (χ2v) is 6.98. The van der Waals surface area contributed by atoms with Crippen molar-refractivity contribution in [1.29, 1.82) is 0 Å². The van der Waals surface area contributed by atoms with Crippen molar-refractivity contribution in [2.24, 2.45) is 5.73 Å². The Morgan fingerprint density at radius 1 is 1.28 bits per heavy atom. The van der Waals surface area contributed by atoms with Crippen LogP contribution in [0, 0.1) is 0 Å². The van der Waals surface area contributed by atoms with Crippen molar-refractivity contribution in [3.05, 3.63) is 36.4 Å². The third kappa shape index (κ3) is 3.86. The molecular weight excluding hydrogens is 382 g/mol. The van der Waals surface area contributed by atoms with E-state index in [-0.39, 0.29) is 24.1 Å². The lowest BCUT2D eigenvalue weighted by Gasteiger charge is -2.39. The molecule has 1 saturated heterocycles. The lowest BCUT2D eigenvalue weighted by atomic mass is 10.1. The molecule has 9 nitrogen and oxygen atoms in total. The number of amides is 1. The van der Waals surface area contributed by atoms with Gasteiger partial charge in [0.2, 0.25) is 5.91 Å². The number of primary amides is 1. The number of rotatable bonds is 5. The van der Waals surface area contributed by atoms with E-state index in [0.29, 0.717) is 29.4 Å². The summed E-state index contributed by atoms with van der Waals surface area (Å²) in [5.74, 6) is 0.330. The number of carbonyl (C=O) groups excluding carboxylic acids is 1. The largest absolute Gasteiger partial charge is 0.370 e. The summed E-state index contributed by atoms with van der Waals surface area (Å²) >= 11 is 0. The number of carbonyl (C=O) groups is 1. The molecule has 4 heterocycles. The number of hydrogen-bond donors (Lipinski definition) is 1. The smallest absolute Gasteiger partial charge is 0.282 e. The number of piperazine rings is 1. The van der Waals surface area contributed by atoms with E-state index in [4.69, 9.17) is 5.73 Å². The van der Waals surface area contributed by atoms with E-state index >= 15 is 0 Å². The number of aromatic nitrogens is 5. The van der Waals surface area contributed by atoms with Crippen LogP contribution in [-0.2, 0) is 4.79 Å². The third-order valence-corrected chi connectivity index (χ3v) is 5.06. The van der Waals surface area contributed by atoms with Crippen molar-refractivity contribution < 1.29 is 13.6 Å². The van der Waals surface area contributed by atoms with Crippen LogP contribution >= 0.6 is 0 Å². The first-order valence-corrected chi connectivity index (χ1v) is 9.11. The van der Waals surface area contributed by atoms with Crippen molar-refractivity contribution >= 4 is 17.4 Å². The number of alkyl halides is 2. The summed E-state index contributed by atoms with van der Waals surface area (Å²) in [7, 11) is 1.96. The van der Waals surface area contributed by atoms with Gasteiger partial charge in [-0.25, -0.2) is 28.2 Å². The highest BCUT2D eigenvalue weighted by atomic mass is 19.3. The molecule has 29 heavy (non-hydrogen) atoms. The summed E-state index contributed by atoms with van der Waals surface area (Å²) in [6.07, 6.45) is 0.549. The number of fused-ring (bicyclic) bond motifs is 1. The minimum atomic E-state index is -2.68. The van der Waals surface area contributed by atoms with Gasteiger partial charge < -0.3 is 10.6 Å². The van der Waals surface area contributed by atoms with Gasteiger partial charge in [0.1, 0.15) is 23.5 Å². The van der Waals surface area contributed by atoms with Gasteiger partial charge in [-0.1, -0.05) is 0 Å². The van der Waals surface area contributed by atoms with Gasteiger partial charge in [0.15, 0.2) is 5.65 Å². The molecule has 1 unspecified atom stereocenters. The van der Waals surface area contributed by atoms with Gasteiger partial charge in [-0.05, 0) is 19.2 Å². The standard InChI is InChI=1S/C18H20F2N8O/c1-26-4-5-27(9-11(26)6-15(21)29)17-7-13(23-10-24-17)14-8-22-16-3-2-12(18(19)20)25-28(14)16/h2-3,7-8,10-11,18H,4-6,9H2,1H3,(H2,21,29). The fourth-order valence-corrected chi connectivity index (χ4v) is 3.45. The summed E-state index contributed by atoms with van der Waals surface area (Å²) in [5.41, 5.74) is 6.49. The van der Waals surface area contributed by atoms with Crippen molar-refractivity contribution in [2.45, 2.75) is 18.9 Å². The quantitative estimate of drug-likeness (QED) is 0.682. The topological polar surface area (TPSA) is 106 Å². The molecule has 0 radical (unpaired) electrons. The molecule has 1 aliphatic heterocycles. The first kappa shape index (κ1) is 19.1. The van der Waals surface area contributed by atoms with E-state index in [9.17, 15) is 13.6 Å². The normalized spacial score (nSPS) is 17.9. The monoisotopic (exact) mass is 402 g/mol. The molecule has 1 amide bonds. The number of anilines is 1. The van der Waals surface area contributed by atoms with E-state index in [1.54, 1.807) is 12.3 Å². The fraction of sp³-hybridized carbons (Fsp3) is 0.389. The number of imidazole rings is 1. The molecule has 0 bridgehead atoms. The zero-order chi connectivity index (χ0) is 20.5. The molecule has 0 saturated carbocycles. The summed E-state index contributed by atoms with van der Waals surface area (Å²) < 4.78 is 27.4. The molecule has 0 spiro atoms. The van der Waals surface area contributed by atoms with Crippen LogP contribution in [0.3, 0.4) is 0 Å². The maximum absolute atomic E-state index is 13.0. The van der Waals surface area contributed by atoms with Crippen LogP contribution in [0.2, 0.25) is 0 Å². The molecule has 4 rings (SSSR count). The lowest BCUT2D eigenvalue weighted by Crippen LogP contribution is -2.52. The molecule has 1 atom stereocenters. The SMILES string of the molecule is CN1CCN(c2cc(-c3cnc4ccc(C(F)F)nn34)ncn2)CC1CC(N)=O. The number of likely N-dealkylation sites (N-methyl/N-ethyl adjacent to an activating group) is 1. The zero-order valence-electron chi connectivity index (χ0n) is 15.7. The minimum absolute atomic E-state index is 0.00858. The Balaban J connectivity index is 1.65. The Morgan fingerprint density at radius 3 is 2.86 bits per heavy atom. The number of nitrogens with zero attached hydrogens (tertiary/aromatic N) is 7. The minimum Gasteiger partial charge on any atom is -0.370 e. The highest BCUT2D eigenvalue weighted by molar-refractivity contribution is 5.74. The number of hydrogen-bond acceptors (Lipinski definition) is 7. The predicted molar refractivity (Wildman–Crippen MR) is 101 cm³/mol. The molecule has 0 aromatic carbocycles. The van der Waals surface area contributed by atoms with Gasteiger partial charge in [-0.2, -0.15) is 5.10 Å². The number of halogens is 2. The van der Waals surface area contributed by atoms with Crippen molar-refractivity contribution in [1.82, 2.24) is 29.5 Å². The molecule has 2 N–H and O–H groups in total. The Labute approximate surface area is 165 Å². The van der Waals surface area contributed by atoms with Gasteiger partial charge >= 0.3 is 0 Å². The van der Waals surface area contributed by atoms with Crippen LogP contribution in [0.25, 0.3) is 17.0 Å². The molecular formula is C18H20F2N8O. The first-order chi connectivity index (χ1) is 13.9. The molecule has 1 aliphatic rings. The highest BCUT2D eigenvalue weighted by Crippen LogP contribution is 2.24. The van der Waals surface area contributed by atoms with E-state index < -0.39 is 6.43 Å². The van der Waals surface area contributed by atoms with Crippen LogP contribution in [0.5, 0.6) is 0 Å². The van der Waals surface area contributed by atoms with Gasteiger partial charge in [0.25, 0.3) is 6.43 Å². The number of nitrogens with two attached hydrogens (primary N) is 1. The Bertz CT molecular complexity index is 1040. The Morgan fingerprint density at radius 2 is 2.10 bits per heavy atom. The predicted octanol–water partition coefficient (Wildman–Crippen LogP) is 1.12. The van der Waals surface area contributed by atoms with Crippen LogP contribution in [0.15, 0.2) is 30.7 Å². The fourth-order valence-electron chi connectivity index (χ4n) is 3.45. The maximum Gasteiger partial charge on any atom is 0.282 e. The summed E-state index contributed by atoms with van der Waals surface area (Å²) in [6, 6.07) is 4.51. The molecule has 1 fully saturated rings. The van der Waals surface area contributed by atoms with E-state index in [0.717, 1.165) is 13.1 Å². The average molecular weight is 402 g/mol. The van der Waals surface area contributed by atoms with Gasteiger partial charge in [-0.3, -0.25) is 9.69 Å². The van der Waals surface area contributed by atoms with Crippen molar-refractivity contribution in [3.8, 4) is 11.4 Å². The van der Waals surface area contributed by atoms with Crippen LogP contribution < -0.4 is 10.6 Å². The molecule has 3 aromatic heterocycles. The second kappa shape index (κ2) is 7.66. The average Bonchev–Trinajstić information content (AvgIpc) is 3.12. The van der Waals surface area contributed by atoms with E-state index in [1.165, 1.54) is 23.0 Å². The molecule has 0 aliphatic carbocycles. The van der Waals surface area contributed by atoms with Crippen LogP contribution in [0.1, 0.15) is 18.5 Å². The maximum atomic E-state index is 13.0.